The minimum Gasteiger partial charge on any atom is -0.399 e. The molecule has 3 heteroatoms. The van der Waals surface area contributed by atoms with E-state index in [1.54, 1.807) is 0 Å². The van der Waals surface area contributed by atoms with Crippen LogP contribution in [0.15, 0.2) is 24.3 Å². The summed E-state index contributed by atoms with van der Waals surface area (Å²) in [5.41, 5.74) is 7.97. The zero-order valence-electron chi connectivity index (χ0n) is 11.6. The molecule has 0 bridgehead atoms. The fourth-order valence-electron chi connectivity index (χ4n) is 2.44. The van der Waals surface area contributed by atoms with Crippen LogP contribution >= 0.6 is 0 Å². The van der Waals surface area contributed by atoms with Crippen LogP contribution in [0.2, 0.25) is 0 Å². The van der Waals surface area contributed by atoms with E-state index in [4.69, 9.17) is 5.73 Å². The molecule has 1 aliphatic rings. The third kappa shape index (κ3) is 3.72. The van der Waals surface area contributed by atoms with Crippen molar-refractivity contribution in [3.63, 3.8) is 0 Å². The van der Waals surface area contributed by atoms with Crippen molar-refractivity contribution in [2.45, 2.75) is 19.3 Å². The summed E-state index contributed by atoms with van der Waals surface area (Å²) in [5, 5.41) is 0. The van der Waals surface area contributed by atoms with Crippen LogP contribution in [0.1, 0.15) is 24.8 Å². The van der Waals surface area contributed by atoms with Gasteiger partial charge in [0.2, 0.25) is 0 Å². The van der Waals surface area contributed by atoms with E-state index in [0.717, 1.165) is 5.69 Å². The Morgan fingerprint density at radius 1 is 1.11 bits per heavy atom. The zero-order valence-corrected chi connectivity index (χ0v) is 11.6. The first-order chi connectivity index (χ1) is 8.65. The van der Waals surface area contributed by atoms with Gasteiger partial charge in [-0.2, -0.15) is 0 Å². The summed E-state index contributed by atoms with van der Waals surface area (Å²) in [4.78, 5) is 4.98. The lowest BCUT2D eigenvalue weighted by atomic mass is 9.97. The number of nitrogen functional groups attached to an aromatic ring is 1. The van der Waals surface area contributed by atoms with Crippen LogP contribution in [-0.4, -0.2) is 49.6 Å². The monoisotopic (exact) mass is 247 g/mol. The third-order valence-corrected chi connectivity index (χ3v) is 3.98. The second kappa shape index (κ2) is 6.21. The second-order valence-electron chi connectivity index (χ2n) is 5.50. The van der Waals surface area contributed by atoms with E-state index in [1.807, 2.05) is 12.1 Å². The minimum absolute atomic E-state index is 0.616. The minimum atomic E-state index is 0.616. The maximum atomic E-state index is 5.72. The van der Waals surface area contributed by atoms with Crippen LogP contribution in [0.25, 0.3) is 0 Å². The molecule has 1 heterocycles. The van der Waals surface area contributed by atoms with Gasteiger partial charge in [0.05, 0.1) is 0 Å². The van der Waals surface area contributed by atoms with Gasteiger partial charge in [-0.25, -0.2) is 0 Å². The number of piperazine rings is 1. The number of hydrogen-bond acceptors (Lipinski definition) is 3. The zero-order chi connectivity index (χ0) is 13.0. The van der Waals surface area contributed by atoms with Crippen LogP contribution in [0.4, 0.5) is 5.69 Å². The Kier molecular flexibility index (Phi) is 4.61. The quantitative estimate of drug-likeness (QED) is 0.826. The van der Waals surface area contributed by atoms with E-state index in [-0.39, 0.29) is 0 Å². The van der Waals surface area contributed by atoms with Crippen LogP contribution < -0.4 is 5.73 Å². The molecule has 0 aromatic heterocycles. The van der Waals surface area contributed by atoms with Crippen LogP contribution in [0.5, 0.6) is 0 Å². The molecule has 1 atom stereocenters. The van der Waals surface area contributed by atoms with Gasteiger partial charge < -0.3 is 15.5 Å². The van der Waals surface area contributed by atoms with Crippen molar-refractivity contribution in [2.24, 2.45) is 0 Å². The number of rotatable bonds is 4. The van der Waals surface area contributed by atoms with Crippen molar-refractivity contribution in [2.75, 3.05) is 45.5 Å². The molecule has 3 nitrogen and oxygen atoms in total. The first kappa shape index (κ1) is 13.4. The molecule has 0 spiro atoms. The summed E-state index contributed by atoms with van der Waals surface area (Å²) in [5.74, 6) is 0.616. The Hall–Kier alpha value is -1.06. The maximum Gasteiger partial charge on any atom is 0.0314 e. The molecular weight excluding hydrogens is 222 g/mol. The van der Waals surface area contributed by atoms with Gasteiger partial charge in [0.15, 0.2) is 0 Å². The van der Waals surface area contributed by atoms with Crippen molar-refractivity contribution in [3.05, 3.63) is 29.8 Å². The van der Waals surface area contributed by atoms with Crippen LogP contribution in [-0.2, 0) is 0 Å². The molecule has 1 aromatic rings. The standard InChI is InChI=1S/C15H25N3/c1-13(14-3-5-15(16)6-4-14)7-8-18-11-9-17(2)10-12-18/h3-6,13H,7-12,16H2,1-2H3. The van der Waals surface area contributed by atoms with Gasteiger partial charge in [0.25, 0.3) is 0 Å². The van der Waals surface area contributed by atoms with Crippen molar-refractivity contribution in [3.8, 4) is 0 Å². The van der Waals surface area contributed by atoms with Crippen molar-refractivity contribution in [1.82, 2.24) is 9.80 Å². The number of benzene rings is 1. The lowest BCUT2D eigenvalue weighted by Gasteiger charge is -2.32. The number of anilines is 1. The van der Waals surface area contributed by atoms with Crippen molar-refractivity contribution in [1.29, 1.82) is 0 Å². The Bertz CT molecular complexity index is 353. The van der Waals surface area contributed by atoms with E-state index < -0.39 is 0 Å². The molecule has 2 rings (SSSR count). The highest BCUT2D eigenvalue weighted by Crippen LogP contribution is 2.20. The van der Waals surface area contributed by atoms with E-state index in [2.05, 4.69) is 35.9 Å². The summed E-state index contributed by atoms with van der Waals surface area (Å²) in [6.07, 6.45) is 1.23. The second-order valence-corrected chi connectivity index (χ2v) is 5.50. The predicted octanol–water partition coefficient (Wildman–Crippen LogP) is 2.01. The van der Waals surface area contributed by atoms with Crippen molar-refractivity contribution < 1.29 is 0 Å². The lowest BCUT2D eigenvalue weighted by Crippen LogP contribution is -2.44. The molecule has 1 saturated heterocycles. The van der Waals surface area contributed by atoms with Gasteiger partial charge in [-0.15, -0.1) is 0 Å². The predicted molar refractivity (Wildman–Crippen MR) is 77.8 cm³/mol. The molecule has 0 aliphatic carbocycles. The largest absolute Gasteiger partial charge is 0.399 e. The summed E-state index contributed by atoms with van der Waals surface area (Å²) >= 11 is 0. The Balaban J connectivity index is 1.77. The SMILES string of the molecule is CC(CCN1CCN(C)CC1)c1ccc(N)cc1. The molecule has 1 fully saturated rings. The van der Waals surface area contributed by atoms with Gasteiger partial charge in [0.1, 0.15) is 0 Å². The average Bonchev–Trinajstić information content (AvgIpc) is 2.38. The normalized spacial score (nSPS) is 19.9. The molecule has 2 N–H and O–H groups in total. The van der Waals surface area contributed by atoms with Crippen LogP contribution in [0, 0.1) is 0 Å². The molecular formula is C15H25N3. The van der Waals surface area contributed by atoms with Gasteiger partial charge in [-0.1, -0.05) is 19.1 Å². The Morgan fingerprint density at radius 2 is 1.72 bits per heavy atom. The topological polar surface area (TPSA) is 32.5 Å². The van der Waals surface area contributed by atoms with E-state index >= 15 is 0 Å². The maximum absolute atomic E-state index is 5.72. The summed E-state index contributed by atoms with van der Waals surface area (Å²) < 4.78 is 0. The molecule has 0 radical (unpaired) electrons. The first-order valence-corrected chi connectivity index (χ1v) is 6.91. The summed E-state index contributed by atoms with van der Waals surface area (Å²) in [6, 6.07) is 8.32. The smallest absolute Gasteiger partial charge is 0.0314 e. The summed E-state index contributed by atoms with van der Waals surface area (Å²) in [7, 11) is 2.20. The van der Waals surface area contributed by atoms with E-state index in [9.17, 15) is 0 Å². The number of hydrogen-bond donors (Lipinski definition) is 1. The Labute approximate surface area is 111 Å². The molecule has 0 saturated carbocycles. The molecule has 0 amide bonds. The molecule has 1 aromatic carbocycles. The third-order valence-electron chi connectivity index (χ3n) is 3.98. The Morgan fingerprint density at radius 3 is 2.33 bits per heavy atom. The first-order valence-electron chi connectivity index (χ1n) is 6.91. The lowest BCUT2D eigenvalue weighted by molar-refractivity contribution is 0.151. The van der Waals surface area contributed by atoms with Gasteiger partial charge in [0, 0.05) is 31.9 Å². The fourth-order valence-corrected chi connectivity index (χ4v) is 2.44. The number of nitrogens with two attached hydrogens (primary N) is 1. The molecule has 1 aliphatic heterocycles. The highest BCUT2D eigenvalue weighted by molar-refractivity contribution is 5.40. The molecule has 18 heavy (non-hydrogen) atoms. The van der Waals surface area contributed by atoms with Crippen molar-refractivity contribution >= 4 is 5.69 Å². The fraction of sp³-hybridized carbons (Fsp3) is 0.600. The van der Waals surface area contributed by atoms with Gasteiger partial charge in [-0.05, 0) is 43.6 Å². The number of likely N-dealkylation sites (N-methyl/N-ethyl adjacent to an activating group) is 1. The van der Waals surface area contributed by atoms with E-state index in [1.165, 1.54) is 44.7 Å². The molecule has 1 unspecified atom stereocenters. The average molecular weight is 247 g/mol. The number of nitrogens with zero attached hydrogens (tertiary/aromatic N) is 2. The van der Waals surface area contributed by atoms with Crippen LogP contribution in [0.3, 0.4) is 0 Å². The summed E-state index contributed by atoms with van der Waals surface area (Å²) in [6.45, 7) is 8.35. The van der Waals surface area contributed by atoms with E-state index in [0.29, 0.717) is 5.92 Å². The highest BCUT2D eigenvalue weighted by atomic mass is 15.2. The highest BCUT2D eigenvalue weighted by Gasteiger charge is 2.14. The van der Waals surface area contributed by atoms with Gasteiger partial charge in [-0.3, -0.25) is 0 Å². The van der Waals surface area contributed by atoms with Gasteiger partial charge >= 0.3 is 0 Å². The molecule has 100 valence electrons.